The van der Waals surface area contributed by atoms with Gasteiger partial charge in [0.1, 0.15) is 0 Å². The van der Waals surface area contributed by atoms with Gasteiger partial charge in [0.15, 0.2) is 0 Å². The average Bonchev–Trinajstić information content (AvgIpc) is 4.16. The van der Waals surface area contributed by atoms with E-state index in [0.717, 1.165) is 129 Å². The molecule has 0 radical (unpaired) electrons. The molecule has 70 heavy (non-hydrogen) atoms. The van der Waals surface area contributed by atoms with Crippen molar-refractivity contribution >= 4 is 97.2 Å². The monoisotopic (exact) mass is 1310 g/mol. The van der Waals surface area contributed by atoms with E-state index in [1.165, 1.54) is 154 Å². The van der Waals surface area contributed by atoms with Gasteiger partial charge in [0.05, 0.1) is 0 Å². The summed E-state index contributed by atoms with van der Waals surface area (Å²) >= 11 is 4.30. The third kappa shape index (κ3) is 12.9. The van der Waals surface area contributed by atoms with Crippen molar-refractivity contribution in [3.8, 4) is 22.3 Å². The standard InChI is InChI=1S/C60H86F2I2N4Se2/c1-5-9-13-17-21-25-29-33-37-59(38-34-30-26-22-18-14-10-6-2)43-41-45(63)55-57(67-69-65-55)47(43)49-51(59)53(61)50-48-44(42-46(64)56-58(48)68-70-66-56)60(52(50)54(49)62,39-35-31-27-23-19-15-11-7-3)40-36-32-28-24-20-16-12-8-4/h41-42H,5-40H2,1-4H3. The molecule has 0 fully saturated rings. The molecule has 0 bridgehead atoms. The van der Waals surface area contributed by atoms with E-state index in [0.29, 0.717) is 22.3 Å². The minimum Gasteiger partial charge on any atom is -0.0654 e. The molecule has 10 heteroatoms. The van der Waals surface area contributed by atoms with Crippen LogP contribution >= 0.6 is 45.2 Å². The van der Waals surface area contributed by atoms with Gasteiger partial charge in [-0.15, -0.1) is 0 Å². The number of unbranched alkanes of at least 4 members (excludes halogenated alkanes) is 28. The molecular formula is C60H86F2I2N4Se2. The molecule has 0 unspecified atom stereocenters. The number of hydrogen-bond donors (Lipinski definition) is 0. The summed E-state index contributed by atoms with van der Waals surface area (Å²) in [7, 11) is 0. The molecule has 7 rings (SSSR count). The number of hydrogen-bond acceptors (Lipinski definition) is 4. The number of aromatic nitrogens is 4. The molecule has 2 aromatic heterocycles. The first-order valence-electron chi connectivity index (χ1n) is 28.8. The molecule has 0 N–H and O–H groups in total. The van der Waals surface area contributed by atoms with Gasteiger partial charge in [0, 0.05) is 0 Å². The molecule has 0 saturated carbocycles. The Balaban J connectivity index is 1.38. The van der Waals surface area contributed by atoms with Gasteiger partial charge in [-0.2, -0.15) is 0 Å². The van der Waals surface area contributed by atoms with E-state index in [9.17, 15) is 0 Å². The Morgan fingerprint density at radius 3 is 0.871 bits per heavy atom. The maximum atomic E-state index is 19.5. The Morgan fingerprint density at radius 2 is 0.600 bits per heavy atom. The second kappa shape index (κ2) is 28.9. The summed E-state index contributed by atoms with van der Waals surface area (Å²) in [5, 5.41) is 0. The third-order valence-electron chi connectivity index (χ3n) is 16.7. The van der Waals surface area contributed by atoms with Crippen LogP contribution in [0.5, 0.6) is 0 Å². The van der Waals surface area contributed by atoms with Crippen molar-refractivity contribution in [1.29, 1.82) is 0 Å². The van der Waals surface area contributed by atoms with Crippen LogP contribution in [-0.4, -0.2) is 45.8 Å². The van der Waals surface area contributed by atoms with Crippen LogP contribution in [0.25, 0.3) is 44.3 Å². The van der Waals surface area contributed by atoms with Gasteiger partial charge in [0.25, 0.3) is 0 Å². The summed E-state index contributed by atoms with van der Waals surface area (Å²) in [6, 6.07) is 4.63. The molecule has 0 saturated heterocycles. The van der Waals surface area contributed by atoms with Gasteiger partial charge < -0.3 is 0 Å². The first-order chi connectivity index (χ1) is 34.3. The molecule has 5 aromatic rings. The SMILES string of the molecule is CCCCCCCCCCC1(CCCCCCCCCC)c2cc(I)c3n[se]nc3c2-c2c(F)c3c(c(F)c21)-c1c(cc(I)c2n[se]nc12)C3(CCCCCCCCCC)CCCCCCCCCC. The summed E-state index contributed by atoms with van der Waals surface area (Å²) in [6.07, 6.45) is 42.2. The molecule has 0 aliphatic heterocycles. The van der Waals surface area contributed by atoms with E-state index in [-0.39, 0.29) is 41.6 Å². The number of halogens is 4. The molecule has 386 valence electrons. The van der Waals surface area contributed by atoms with Gasteiger partial charge >= 0.3 is 388 Å². The van der Waals surface area contributed by atoms with Crippen molar-refractivity contribution in [2.45, 2.75) is 270 Å². The fourth-order valence-electron chi connectivity index (χ4n) is 12.9. The quantitative estimate of drug-likeness (QED) is 0.0228. The Bertz CT molecular complexity index is 2200. The summed E-state index contributed by atoms with van der Waals surface area (Å²) in [6.45, 7) is 9.13. The molecule has 3 aromatic carbocycles. The Labute approximate surface area is 462 Å². The predicted molar refractivity (Wildman–Crippen MR) is 313 cm³/mol. The van der Waals surface area contributed by atoms with Gasteiger partial charge in [0.2, 0.25) is 0 Å². The van der Waals surface area contributed by atoms with Crippen molar-refractivity contribution in [2.24, 2.45) is 0 Å². The van der Waals surface area contributed by atoms with Crippen LogP contribution in [0.2, 0.25) is 0 Å². The molecular weight excluding hydrogens is 1230 g/mol. The van der Waals surface area contributed by atoms with Crippen LogP contribution in [0.1, 0.15) is 281 Å². The Morgan fingerprint density at radius 1 is 0.357 bits per heavy atom. The maximum absolute atomic E-state index is 19.5. The molecule has 2 heterocycles. The summed E-state index contributed by atoms with van der Waals surface area (Å²) in [5.74, 6) is -0.335. The van der Waals surface area contributed by atoms with Crippen molar-refractivity contribution in [3.05, 3.63) is 53.2 Å². The van der Waals surface area contributed by atoms with Crippen LogP contribution in [-0.2, 0) is 10.8 Å². The molecule has 0 atom stereocenters. The number of fused-ring (bicyclic) bond motifs is 10. The van der Waals surface area contributed by atoms with Crippen molar-refractivity contribution in [3.63, 3.8) is 0 Å². The first kappa shape index (κ1) is 56.9. The van der Waals surface area contributed by atoms with E-state index in [2.05, 4.69) is 85.0 Å². The van der Waals surface area contributed by atoms with Gasteiger partial charge in [-0.3, -0.25) is 0 Å². The van der Waals surface area contributed by atoms with Gasteiger partial charge in [-0.25, -0.2) is 0 Å². The average molecular weight is 1310 g/mol. The minimum absolute atomic E-state index is 0.168. The summed E-state index contributed by atoms with van der Waals surface area (Å²) < 4.78 is 61.5. The zero-order valence-corrected chi connectivity index (χ0v) is 51.5. The van der Waals surface area contributed by atoms with Crippen LogP contribution in [0, 0.1) is 18.8 Å². The van der Waals surface area contributed by atoms with Crippen LogP contribution in [0.15, 0.2) is 12.1 Å². The summed E-state index contributed by atoms with van der Waals surface area (Å²) in [4.78, 5) is 0. The van der Waals surface area contributed by atoms with E-state index in [4.69, 9.17) is 15.9 Å². The predicted octanol–water partition coefficient (Wildman–Crippen LogP) is 19.8. The zero-order valence-electron chi connectivity index (χ0n) is 43.7. The fourth-order valence-corrected chi connectivity index (χ4v) is 17.4. The first-order valence-corrected chi connectivity index (χ1v) is 34.0. The number of rotatable bonds is 36. The van der Waals surface area contributed by atoms with Crippen LogP contribution in [0.3, 0.4) is 0 Å². The molecule has 0 spiro atoms. The molecule has 0 amide bonds. The second-order valence-corrected chi connectivity index (χ2v) is 26.2. The van der Waals surface area contributed by atoms with Crippen LogP contribution < -0.4 is 0 Å². The van der Waals surface area contributed by atoms with Crippen LogP contribution in [0.4, 0.5) is 8.78 Å². The topological polar surface area (TPSA) is 51.6 Å². The van der Waals surface area contributed by atoms with Gasteiger partial charge in [-0.1, -0.05) is 79.1 Å². The normalized spacial score (nSPS) is 14.3. The zero-order chi connectivity index (χ0) is 49.4. The number of nitrogens with zero attached hydrogens (tertiary/aromatic N) is 4. The Kier molecular flexibility index (Phi) is 23.5. The molecule has 4 nitrogen and oxygen atoms in total. The Hall–Kier alpha value is -0.781. The van der Waals surface area contributed by atoms with E-state index < -0.39 is 10.8 Å². The van der Waals surface area contributed by atoms with Crippen molar-refractivity contribution in [2.75, 3.05) is 0 Å². The smallest absolute Gasteiger partial charge is 0.0654 e. The number of benzene rings is 3. The van der Waals surface area contributed by atoms with Gasteiger partial charge in [-0.05, 0) is 0 Å². The third-order valence-corrected chi connectivity index (χ3v) is 20.5. The van der Waals surface area contributed by atoms with E-state index in [1.807, 2.05) is 0 Å². The van der Waals surface area contributed by atoms with E-state index >= 15 is 8.78 Å². The minimum atomic E-state index is -0.645. The fraction of sp³-hybridized carbons (Fsp3) is 0.700. The molecule has 2 aliphatic carbocycles. The summed E-state index contributed by atoms with van der Waals surface area (Å²) in [5.41, 5.74) is 8.50. The second-order valence-electron chi connectivity index (χ2n) is 21.7. The van der Waals surface area contributed by atoms with Crippen molar-refractivity contribution in [1.82, 2.24) is 15.9 Å². The van der Waals surface area contributed by atoms with Crippen molar-refractivity contribution < 1.29 is 8.78 Å². The van der Waals surface area contributed by atoms with E-state index in [1.54, 1.807) is 0 Å². The molecule has 2 aliphatic rings.